The molecule has 5 nitrogen and oxygen atoms in total. The highest BCUT2D eigenvalue weighted by Crippen LogP contribution is 2.28. The van der Waals surface area contributed by atoms with Crippen molar-refractivity contribution in [1.82, 2.24) is 4.98 Å². The Kier molecular flexibility index (Phi) is 4.25. The Bertz CT molecular complexity index is 390. The number of ether oxygens (including phenoxy) is 2. The molecule has 2 heterocycles. The van der Waals surface area contributed by atoms with Gasteiger partial charge in [-0.3, -0.25) is 0 Å². The van der Waals surface area contributed by atoms with Crippen LogP contribution in [0.25, 0.3) is 0 Å². The summed E-state index contributed by atoms with van der Waals surface area (Å²) in [6, 6.07) is 3.64. The van der Waals surface area contributed by atoms with Crippen LogP contribution in [0.2, 0.25) is 0 Å². The molecule has 1 aromatic rings. The molecule has 0 saturated carbocycles. The third-order valence-electron chi connectivity index (χ3n) is 3.41. The van der Waals surface area contributed by atoms with Crippen LogP contribution >= 0.6 is 0 Å². The minimum atomic E-state index is 0.609. The lowest BCUT2D eigenvalue weighted by Gasteiger charge is -2.33. The molecule has 100 valence electrons. The Hall–Kier alpha value is -1.49. The molecule has 5 heteroatoms. The largest absolute Gasteiger partial charge is 0.481 e. The molecule has 1 aromatic heterocycles. The van der Waals surface area contributed by atoms with Crippen LogP contribution in [0.1, 0.15) is 12.8 Å². The molecular formula is C13H21N3O2. The van der Waals surface area contributed by atoms with Gasteiger partial charge in [-0.05, 0) is 24.8 Å². The topological polar surface area (TPSA) is 60.6 Å². The third-order valence-corrected chi connectivity index (χ3v) is 3.41. The first-order valence-electron chi connectivity index (χ1n) is 6.29. The van der Waals surface area contributed by atoms with E-state index in [9.17, 15) is 0 Å². The molecular weight excluding hydrogens is 230 g/mol. The molecule has 1 fully saturated rings. The van der Waals surface area contributed by atoms with E-state index in [4.69, 9.17) is 15.2 Å². The molecule has 0 aliphatic carbocycles. The number of piperidine rings is 1. The molecule has 0 atom stereocenters. The van der Waals surface area contributed by atoms with Crippen molar-refractivity contribution in [2.75, 3.05) is 44.5 Å². The van der Waals surface area contributed by atoms with Crippen LogP contribution < -0.4 is 15.4 Å². The summed E-state index contributed by atoms with van der Waals surface area (Å²) in [5, 5.41) is 0. The van der Waals surface area contributed by atoms with Gasteiger partial charge >= 0.3 is 0 Å². The summed E-state index contributed by atoms with van der Waals surface area (Å²) in [7, 11) is 3.38. The minimum Gasteiger partial charge on any atom is -0.481 e. The van der Waals surface area contributed by atoms with Gasteiger partial charge in [0.15, 0.2) is 5.82 Å². The lowest BCUT2D eigenvalue weighted by atomic mass is 9.98. The summed E-state index contributed by atoms with van der Waals surface area (Å²) in [5.74, 6) is 2.10. The van der Waals surface area contributed by atoms with E-state index in [-0.39, 0.29) is 0 Å². The van der Waals surface area contributed by atoms with E-state index in [1.54, 1.807) is 20.3 Å². The van der Waals surface area contributed by atoms with Gasteiger partial charge in [-0.15, -0.1) is 0 Å². The molecule has 0 spiro atoms. The quantitative estimate of drug-likeness (QED) is 0.879. The summed E-state index contributed by atoms with van der Waals surface area (Å²) in [5.41, 5.74) is 6.69. The van der Waals surface area contributed by atoms with E-state index in [0.717, 1.165) is 38.4 Å². The minimum absolute atomic E-state index is 0.609. The maximum absolute atomic E-state index is 5.98. The molecule has 0 unspecified atom stereocenters. The number of anilines is 2. The second-order valence-corrected chi connectivity index (χ2v) is 4.65. The van der Waals surface area contributed by atoms with Crippen LogP contribution in [0, 0.1) is 5.92 Å². The number of nitrogens with zero attached hydrogens (tertiary/aromatic N) is 2. The molecule has 2 rings (SSSR count). The number of nitrogens with two attached hydrogens (primary N) is 1. The Labute approximate surface area is 108 Å². The van der Waals surface area contributed by atoms with Crippen molar-refractivity contribution in [2.24, 2.45) is 5.92 Å². The van der Waals surface area contributed by atoms with Crippen molar-refractivity contribution < 1.29 is 9.47 Å². The van der Waals surface area contributed by atoms with Gasteiger partial charge in [-0.2, -0.15) is 4.98 Å². The van der Waals surface area contributed by atoms with Gasteiger partial charge in [0.2, 0.25) is 5.88 Å². The van der Waals surface area contributed by atoms with Gasteiger partial charge in [-0.25, -0.2) is 0 Å². The zero-order chi connectivity index (χ0) is 13.0. The first kappa shape index (κ1) is 13.0. The number of hydrogen-bond donors (Lipinski definition) is 1. The van der Waals surface area contributed by atoms with Crippen molar-refractivity contribution in [3.8, 4) is 5.88 Å². The van der Waals surface area contributed by atoms with Gasteiger partial charge in [0.25, 0.3) is 0 Å². The average Bonchev–Trinajstić information content (AvgIpc) is 2.41. The zero-order valence-electron chi connectivity index (χ0n) is 11.1. The van der Waals surface area contributed by atoms with Crippen LogP contribution in [-0.4, -0.2) is 38.9 Å². The Morgan fingerprint density at radius 1 is 1.33 bits per heavy atom. The van der Waals surface area contributed by atoms with Crippen molar-refractivity contribution in [3.63, 3.8) is 0 Å². The monoisotopic (exact) mass is 251 g/mol. The molecule has 1 saturated heterocycles. The van der Waals surface area contributed by atoms with Crippen LogP contribution in [0.5, 0.6) is 5.88 Å². The molecule has 0 radical (unpaired) electrons. The summed E-state index contributed by atoms with van der Waals surface area (Å²) < 4.78 is 10.4. The van der Waals surface area contributed by atoms with Crippen molar-refractivity contribution in [2.45, 2.75) is 12.8 Å². The predicted octanol–water partition coefficient (Wildman–Crippen LogP) is 1.54. The first-order valence-corrected chi connectivity index (χ1v) is 6.29. The van der Waals surface area contributed by atoms with Gasteiger partial charge in [-0.1, -0.05) is 0 Å². The fourth-order valence-corrected chi connectivity index (χ4v) is 2.36. The van der Waals surface area contributed by atoms with Crippen LogP contribution in [0.4, 0.5) is 11.5 Å². The second kappa shape index (κ2) is 5.91. The predicted molar refractivity (Wildman–Crippen MR) is 72.0 cm³/mol. The molecule has 0 aromatic carbocycles. The molecule has 1 aliphatic rings. The summed E-state index contributed by atoms with van der Waals surface area (Å²) >= 11 is 0. The number of methoxy groups -OCH3 is 2. The van der Waals surface area contributed by atoms with E-state index in [1.165, 1.54) is 0 Å². The second-order valence-electron chi connectivity index (χ2n) is 4.65. The Balaban J connectivity index is 2.04. The van der Waals surface area contributed by atoms with Gasteiger partial charge in [0.1, 0.15) is 0 Å². The summed E-state index contributed by atoms with van der Waals surface area (Å²) in [6.45, 7) is 2.78. The highest BCUT2D eigenvalue weighted by Gasteiger charge is 2.21. The van der Waals surface area contributed by atoms with Gasteiger partial charge in [0.05, 0.1) is 12.8 Å². The molecule has 0 bridgehead atoms. The van der Waals surface area contributed by atoms with Crippen molar-refractivity contribution in [1.29, 1.82) is 0 Å². The third kappa shape index (κ3) is 2.85. The maximum atomic E-state index is 5.98. The molecule has 2 N–H and O–H groups in total. The number of nitrogen functional groups attached to an aromatic ring is 1. The molecule has 0 amide bonds. The smallest absolute Gasteiger partial charge is 0.215 e. The maximum Gasteiger partial charge on any atom is 0.215 e. The average molecular weight is 251 g/mol. The number of hydrogen-bond acceptors (Lipinski definition) is 5. The standard InChI is InChI=1S/C13H21N3O2/c1-17-9-10-5-7-16(8-6-10)13-11(14)3-4-12(15-13)18-2/h3-4,10H,5-9,14H2,1-2H3. The Morgan fingerprint density at radius 2 is 2.06 bits per heavy atom. The fraction of sp³-hybridized carbons (Fsp3) is 0.615. The molecule has 1 aliphatic heterocycles. The van der Waals surface area contributed by atoms with E-state index >= 15 is 0 Å². The van der Waals surface area contributed by atoms with E-state index in [1.807, 2.05) is 6.07 Å². The fourth-order valence-electron chi connectivity index (χ4n) is 2.36. The SMILES string of the molecule is COCC1CCN(c2nc(OC)ccc2N)CC1. The number of rotatable bonds is 4. The van der Waals surface area contributed by atoms with E-state index in [2.05, 4.69) is 9.88 Å². The lowest BCUT2D eigenvalue weighted by Crippen LogP contribution is -2.36. The zero-order valence-corrected chi connectivity index (χ0v) is 11.1. The van der Waals surface area contributed by atoms with Crippen LogP contribution in [-0.2, 0) is 4.74 Å². The van der Waals surface area contributed by atoms with Gasteiger partial charge in [0, 0.05) is 32.9 Å². The van der Waals surface area contributed by atoms with E-state index in [0.29, 0.717) is 17.5 Å². The van der Waals surface area contributed by atoms with Crippen molar-refractivity contribution in [3.05, 3.63) is 12.1 Å². The normalized spacial score (nSPS) is 16.9. The van der Waals surface area contributed by atoms with Crippen LogP contribution in [0.15, 0.2) is 12.1 Å². The highest BCUT2D eigenvalue weighted by molar-refractivity contribution is 5.63. The summed E-state index contributed by atoms with van der Waals surface area (Å²) in [4.78, 5) is 6.66. The number of aromatic nitrogens is 1. The number of pyridine rings is 1. The highest BCUT2D eigenvalue weighted by atomic mass is 16.5. The first-order chi connectivity index (χ1) is 8.74. The van der Waals surface area contributed by atoms with Crippen LogP contribution in [0.3, 0.4) is 0 Å². The lowest BCUT2D eigenvalue weighted by molar-refractivity contribution is 0.139. The van der Waals surface area contributed by atoms with Crippen molar-refractivity contribution >= 4 is 11.5 Å². The Morgan fingerprint density at radius 3 is 2.67 bits per heavy atom. The molecule has 18 heavy (non-hydrogen) atoms. The van der Waals surface area contributed by atoms with E-state index < -0.39 is 0 Å². The van der Waals surface area contributed by atoms with Gasteiger partial charge < -0.3 is 20.1 Å². The summed E-state index contributed by atoms with van der Waals surface area (Å²) in [6.07, 6.45) is 2.23.